The van der Waals surface area contributed by atoms with Crippen molar-refractivity contribution in [1.29, 1.82) is 0 Å². The smallest absolute Gasteiger partial charge is 0.317 e. The molecule has 7 nitrogen and oxygen atoms in total. The molecule has 0 bridgehead atoms. The molecular formula is C20H33N3O4. The number of aliphatic carboxylic acids is 1. The molecule has 152 valence electrons. The zero-order valence-electron chi connectivity index (χ0n) is 16.6. The first kappa shape index (κ1) is 20.1. The van der Waals surface area contributed by atoms with Gasteiger partial charge in [-0.15, -0.1) is 0 Å². The van der Waals surface area contributed by atoms with Crippen LogP contribution in [0.3, 0.4) is 0 Å². The number of carbonyl (C=O) groups excluding carboxylic acids is 2. The SMILES string of the molecule is CC1CCC(N2CC(C(=O)N3CCC(N(C)CC(=O)O)CC3)CC2=O)CC1. The first-order valence-electron chi connectivity index (χ1n) is 10.4. The van der Waals surface area contributed by atoms with Gasteiger partial charge < -0.3 is 14.9 Å². The highest BCUT2D eigenvalue weighted by atomic mass is 16.4. The normalized spacial score (nSPS) is 30.2. The molecule has 2 aliphatic heterocycles. The molecule has 3 aliphatic rings. The second-order valence-corrected chi connectivity index (χ2v) is 8.73. The van der Waals surface area contributed by atoms with Gasteiger partial charge in [0.2, 0.25) is 11.8 Å². The van der Waals surface area contributed by atoms with Gasteiger partial charge in [-0.3, -0.25) is 19.3 Å². The summed E-state index contributed by atoms with van der Waals surface area (Å²) in [4.78, 5) is 42.0. The van der Waals surface area contributed by atoms with Crippen LogP contribution in [-0.4, -0.2) is 82.9 Å². The Morgan fingerprint density at radius 3 is 2.33 bits per heavy atom. The van der Waals surface area contributed by atoms with Crippen LogP contribution in [0.2, 0.25) is 0 Å². The second-order valence-electron chi connectivity index (χ2n) is 8.73. The molecule has 1 aliphatic carbocycles. The minimum absolute atomic E-state index is 0.0324. The van der Waals surface area contributed by atoms with Crippen LogP contribution in [0.4, 0.5) is 0 Å². The highest BCUT2D eigenvalue weighted by Crippen LogP contribution is 2.32. The van der Waals surface area contributed by atoms with E-state index in [1.165, 1.54) is 12.8 Å². The van der Waals surface area contributed by atoms with Crippen LogP contribution in [-0.2, 0) is 14.4 Å². The van der Waals surface area contributed by atoms with Crippen LogP contribution in [0.1, 0.15) is 51.9 Å². The third-order valence-corrected chi connectivity index (χ3v) is 6.72. The van der Waals surface area contributed by atoms with E-state index < -0.39 is 5.97 Å². The number of carbonyl (C=O) groups is 3. The third-order valence-electron chi connectivity index (χ3n) is 6.72. The molecule has 27 heavy (non-hydrogen) atoms. The summed E-state index contributed by atoms with van der Waals surface area (Å²) in [5, 5.41) is 8.93. The Bertz CT molecular complexity index is 566. The Morgan fingerprint density at radius 1 is 1.11 bits per heavy atom. The van der Waals surface area contributed by atoms with Gasteiger partial charge >= 0.3 is 5.97 Å². The Kier molecular flexibility index (Phi) is 6.40. The number of carboxylic acids is 1. The number of amides is 2. The molecule has 7 heteroatoms. The predicted molar refractivity (Wildman–Crippen MR) is 101 cm³/mol. The number of hydrogen-bond acceptors (Lipinski definition) is 4. The maximum absolute atomic E-state index is 12.9. The van der Waals surface area contributed by atoms with Gasteiger partial charge in [0.1, 0.15) is 0 Å². The Hall–Kier alpha value is -1.63. The molecule has 1 atom stereocenters. The van der Waals surface area contributed by atoms with E-state index in [-0.39, 0.29) is 30.3 Å². The fraction of sp³-hybridized carbons (Fsp3) is 0.850. The number of carboxylic acid groups (broad SMARTS) is 1. The highest BCUT2D eigenvalue weighted by molar-refractivity contribution is 5.89. The van der Waals surface area contributed by atoms with E-state index in [1.54, 1.807) is 0 Å². The van der Waals surface area contributed by atoms with E-state index in [9.17, 15) is 14.4 Å². The van der Waals surface area contributed by atoms with Crippen LogP contribution in [0, 0.1) is 11.8 Å². The van der Waals surface area contributed by atoms with Crippen molar-refractivity contribution in [2.45, 2.75) is 64.0 Å². The number of hydrogen-bond donors (Lipinski definition) is 1. The summed E-state index contributed by atoms with van der Waals surface area (Å²) in [5.74, 6) is -0.0295. The van der Waals surface area contributed by atoms with E-state index in [2.05, 4.69) is 6.92 Å². The summed E-state index contributed by atoms with van der Waals surface area (Å²) in [6.07, 6.45) is 6.41. The van der Waals surface area contributed by atoms with Crippen LogP contribution >= 0.6 is 0 Å². The molecule has 1 saturated carbocycles. The van der Waals surface area contributed by atoms with Crippen molar-refractivity contribution in [3.8, 4) is 0 Å². The van der Waals surface area contributed by atoms with E-state index in [0.29, 0.717) is 32.1 Å². The average molecular weight is 380 g/mol. The van der Waals surface area contributed by atoms with Crippen molar-refractivity contribution >= 4 is 17.8 Å². The van der Waals surface area contributed by atoms with Crippen molar-refractivity contribution in [3.05, 3.63) is 0 Å². The Morgan fingerprint density at radius 2 is 1.74 bits per heavy atom. The minimum Gasteiger partial charge on any atom is -0.480 e. The first-order chi connectivity index (χ1) is 12.8. The van der Waals surface area contributed by atoms with Gasteiger partial charge in [0.25, 0.3) is 0 Å². The summed E-state index contributed by atoms with van der Waals surface area (Å²) in [7, 11) is 1.83. The van der Waals surface area contributed by atoms with Crippen molar-refractivity contribution in [2.75, 3.05) is 33.2 Å². The molecule has 1 N–H and O–H groups in total. The van der Waals surface area contributed by atoms with Crippen LogP contribution < -0.4 is 0 Å². The lowest BCUT2D eigenvalue weighted by Gasteiger charge is -2.37. The lowest BCUT2D eigenvalue weighted by Crippen LogP contribution is -2.48. The lowest BCUT2D eigenvalue weighted by molar-refractivity contribution is -0.140. The molecule has 0 spiro atoms. The topological polar surface area (TPSA) is 81.2 Å². The van der Waals surface area contributed by atoms with Crippen molar-refractivity contribution < 1.29 is 19.5 Å². The van der Waals surface area contributed by atoms with Gasteiger partial charge in [-0.25, -0.2) is 0 Å². The van der Waals surface area contributed by atoms with E-state index in [4.69, 9.17) is 5.11 Å². The minimum atomic E-state index is -0.822. The number of piperidine rings is 1. The first-order valence-corrected chi connectivity index (χ1v) is 10.4. The standard InChI is InChI=1S/C20H33N3O4/c1-14-3-5-17(6-4-14)23-12-15(11-18(23)24)20(27)22-9-7-16(8-10-22)21(2)13-19(25)26/h14-17H,3-13H2,1-2H3,(H,25,26). The van der Waals surface area contributed by atoms with Crippen LogP contribution in [0.25, 0.3) is 0 Å². The molecule has 2 saturated heterocycles. The molecule has 3 rings (SSSR count). The zero-order valence-corrected chi connectivity index (χ0v) is 16.6. The molecule has 1 unspecified atom stereocenters. The van der Waals surface area contributed by atoms with Crippen molar-refractivity contribution in [1.82, 2.24) is 14.7 Å². The third kappa shape index (κ3) is 4.81. The summed E-state index contributed by atoms with van der Waals surface area (Å²) in [6, 6.07) is 0.526. The van der Waals surface area contributed by atoms with Crippen molar-refractivity contribution in [3.63, 3.8) is 0 Å². The highest BCUT2D eigenvalue weighted by Gasteiger charge is 2.40. The number of rotatable bonds is 5. The van der Waals surface area contributed by atoms with Gasteiger partial charge in [0.15, 0.2) is 0 Å². The lowest BCUT2D eigenvalue weighted by atomic mass is 9.86. The molecule has 0 aromatic rings. The summed E-state index contributed by atoms with van der Waals surface area (Å²) in [6.45, 7) is 4.18. The number of likely N-dealkylation sites (tertiary alicyclic amines) is 2. The van der Waals surface area contributed by atoms with E-state index in [1.807, 2.05) is 21.7 Å². The van der Waals surface area contributed by atoms with Gasteiger partial charge in [0, 0.05) is 38.1 Å². The zero-order chi connectivity index (χ0) is 19.6. The van der Waals surface area contributed by atoms with Gasteiger partial charge in [-0.1, -0.05) is 6.92 Å². The van der Waals surface area contributed by atoms with E-state index >= 15 is 0 Å². The van der Waals surface area contributed by atoms with Crippen LogP contribution in [0.5, 0.6) is 0 Å². The molecule has 0 radical (unpaired) electrons. The maximum Gasteiger partial charge on any atom is 0.317 e. The summed E-state index contributed by atoms with van der Waals surface area (Å²) < 4.78 is 0. The Labute approximate surface area is 161 Å². The molecule has 0 aromatic carbocycles. The number of likely N-dealkylation sites (N-methyl/N-ethyl adjacent to an activating group) is 1. The summed E-state index contributed by atoms with van der Waals surface area (Å²) in [5.41, 5.74) is 0. The van der Waals surface area contributed by atoms with Crippen molar-refractivity contribution in [2.24, 2.45) is 11.8 Å². The molecule has 3 fully saturated rings. The predicted octanol–water partition coefficient (Wildman–Crippen LogP) is 1.42. The second kappa shape index (κ2) is 8.59. The van der Waals surface area contributed by atoms with Crippen LogP contribution in [0.15, 0.2) is 0 Å². The Balaban J connectivity index is 1.49. The molecule has 2 heterocycles. The summed E-state index contributed by atoms with van der Waals surface area (Å²) >= 11 is 0. The fourth-order valence-electron chi connectivity index (χ4n) is 4.93. The van der Waals surface area contributed by atoms with Gasteiger partial charge in [0.05, 0.1) is 12.5 Å². The fourth-order valence-corrected chi connectivity index (χ4v) is 4.93. The maximum atomic E-state index is 12.9. The largest absolute Gasteiger partial charge is 0.480 e. The average Bonchev–Trinajstić information content (AvgIpc) is 3.03. The monoisotopic (exact) mass is 379 g/mol. The quantitative estimate of drug-likeness (QED) is 0.781. The van der Waals surface area contributed by atoms with Gasteiger partial charge in [-0.2, -0.15) is 0 Å². The number of nitrogens with zero attached hydrogens (tertiary/aromatic N) is 3. The molecule has 2 amide bonds. The molecule has 0 aromatic heterocycles. The van der Waals surface area contributed by atoms with Gasteiger partial charge in [-0.05, 0) is 51.5 Å². The molecular weight excluding hydrogens is 346 g/mol. The van der Waals surface area contributed by atoms with E-state index in [0.717, 1.165) is 31.6 Å².